The van der Waals surface area contributed by atoms with Crippen molar-refractivity contribution in [3.63, 3.8) is 0 Å². The minimum Gasteiger partial charge on any atom is -0.396 e. The first-order valence-corrected chi connectivity index (χ1v) is 3.89. The predicted octanol–water partition coefficient (Wildman–Crippen LogP) is 1.18. The van der Waals surface area contributed by atoms with Crippen LogP contribution in [0.15, 0.2) is 0 Å². The first kappa shape index (κ1) is 8.02. The van der Waals surface area contributed by atoms with E-state index in [0.717, 1.165) is 19.4 Å². The summed E-state index contributed by atoms with van der Waals surface area (Å²) in [6.07, 6.45) is 2.17. The van der Waals surface area contributed by atoms with E-state index in [1.807, 2.05) is 0 Å². The molecule has 1 unspecified atom stereocenters. The van der Waals surface area contributed by atoms with Gasteiger partial charge in [0.1, 0.15) is 0 Å². The van der Waals surface area contributed by atoms with Crippen LogP contribution in [0.5, 0.6) is 0 Å². The third-order valence-electron chi connectivity index (χ3n) is 2.12. The van der Waals surface area contributed by atoms with Gasteiger partial charge >= 0.3 is 0 Å². The standard InChI is InChI=1S/C8H16O2/c1-8(2)4-3-7(5-9)6-10-8/h7,9H,3-6H2,1-2H3. The van der Waals surface area contributed by atoms with E-state index in [1.165, 1.54) is 0 Å². The summed E-state index contributed by atoms with van der Waals surface area (Å²) in [5.74, 6) is 0.382. The summed E-state index contributed by atoms with van der Waals surface area (Å²) in [6, 6.07) is 0. The number of rotatable bonds is 1. The molecule has 0 aromatic rings. The molecule has 0 aromatic carbocycles. The molecule has 1 N–H and O–H groups in total. The minimum absolute atomic E-state index is 0.0473. The predicted molar refractivity (Wildman–Crippen MR) is 39.8 cm³/mol. The summed E-state index contributed by atoms with van der Waals surface area (Å²) in [7, 11) is 0. The molecule has 1 rings (SSSR count). The molecule has 1 aliphatic rings. The van der Waals surface area contributed by atoms with Crippen molar-refractivity contribution in [2.75, 3.05) is 13.2 Å². The van der Waals surface area contributed by atoms with Crippen LogP contribution in [0.1, 0.15) is 26.7 Å². The Morgan fingerprint density at radius 3 is 2.70 bits per heavy atom. The van der Waals surface area contributed by atoms with Crippen molar-refractivity contribution < 1.29 is 9.84 Å². The van der Waals surface area contributed by atoms with E-state index in [1.54, 1.807) is 0 Å². The van der Waals surface area contributed by atoms with Gasteiger partial charge in [-0.2, -0.15) is 0 Å². The van der Waals surface area contributed by atoms with Gasteiger partial charge in [0.05, 0.1) is 12.2 Å². The highest BCUT2D eigenvalue weighted by atomic mass is 16.5. The van der Waals surface area contributed by atoms with E-state index >= 15 is 0 Å². The summed E-state index contributed by atoms with van der Waals surface area (Å²) >= 11 is 0. The molecule has 1 saturated heterocycles. The van der Waals surface area contributed by atoms with E-state index in [9.17, 15) is 0 Å². The van der Waals surface area contributed by atoms with Crippen molar-refractivity contribution in [3.8, 4) is 0 Å². The number of ether oxygens (including phenoxy) is 1. The minimum atomic E-state index is 0.0473. The second-order valence-electron chi connectivity index (χ2n) is 3.66. The van der Waals surface area contributed by atoms with Crippen molar-refractivity contribution in [1.82, 2.24) is 0 Å². The Balaban J connectivity index is 2.31. The molecule has 2 heteroatoms. The summed E-state index contributed by atoms with van der Waals surface area (Å²) in [5.41, 5.74) is 0.0473. The highest BCUT2D eigenvalue weighted by Gasteiger charge is 2.26. The number of aliphatic hydroxyl groups is 1. The molecule has 2 nitrogen and oxygen atoms in total. The largest absolute Gasteiger partial charge is 0.396 e. The molecule has 60 valence electrons. The van der Waals surface area contributed by atoms with E-state index in [4.69, 9.17) is 9.84 Å². The third-order valence-corrected chi connectivity index (χ3v) is 2.12. The van der Waals surface area contributed by atoms with Gasteiger partial charge < -0.3 is 9.84 Å². The maximum absolute atomic E-state index is 8.78. The van der Waals surface area contributed by atoms with Crippen LogP contribution in [0.2, 0.25) is 0 Å². The summed E-state index contributed by atoms with van der Waals surface area (Å²) in [5, 5.41) is 8.78. The van der Waals surface area contributed by atoms with Crippen LogP contribution >= 0.6 is 0 Å². The fraction of sp³-hybridized carbons (Fsp3) is 1.00. The van der Waals surface area contributed by atoms with Gasteiger partial charge in [-0.05, 0) is 26.7 Å². The molecule has 0 spiro atoms. The fourth-order valence-electron chi connectivity index (χ4n) is 1.19. The van der Waals surface area contributed by atoms with Gasteiger partial charge in [0.25, 0.3) is 0 Å². The topological polar surface area (TPSA) is 29.5 Å². The van der Waals surface area contributed by atoms with Gasteiger partial charge in [0.2, 0.25) is 0 Å². The van der Waals surface area contributed by atoms with E-state index < -0.39 is 0 Å². The van der Waals surface area contributed by atoms with Gasteiger partial charge in [0, 0.05) is 12.5 Å². The quantitative estimate of drug-likeness (QED) is 0.599. The summed E-state index contributed by atoms with van der Waals surface area (Å²) in [6.45, 7) is 5.20. The van der Waals surface area contributed by atoms with Gasteiger partial charge in [-0.3, -0.25) is 0 Å². The van der Waals surface area contributed by atoms with Gasteiger partial charge in [-0.25, -0.2) is 0 Å². The lowest BCUT2D eigenvalue weighted by Crippen LogP contribution is -2.34. The van der Waals surface area contributed by atoms with Crippen LogP contribution in [0.3, 0.4) is 0 Å². The van der Waals surface area contributed by atoms with E-state index in [2.05, 4.69) is 13.8 Å². The molecule has 0 aliphatic carbocycles. The molecule has 0 aromatic heterocycles. The maximum atomic E-state index is 8.78. The zero-order valence-corrected chi connectivity index (χ0v) is 6.76. The van der Waals surface area contributed by atoms with Crippen molar-refractivity contribution >= 4 is 0 Å². The number of hydrogen-bond acceptors (Lipinski definition) is 2. The Kier molecular flexibility index (Phi) is 2.32. The summed E-state index contributed by atoms with van der Waals surface area (Å²) in [4.78, 5) is 0. The number of aliphatic hydroxyl groups excluding tert-OH is 1. The number of hydrogen-bond donors (Lipinski definition) is 1. The van der Waals surface area contributed by atoms with Crippen molar-refractivity contribution in [2.24, 2.45) is 5.92 Å². The van der Waals surface area contributed by atoms with Gasteiger partial charge in [-0.1, -0.05) is 0 Å². The van der Waals surface area contributed by atoms with E-state index in [-0.39, 0.29) is 12.2 Å². The second kappa shape index (κ2) is 2.89. The van der Waals surface area contributed by atoms with Crippen LogP contribution in [0.4, 0.5) is 0 Å². The molecule has 1 heterocycles. The van der Waals surface area contributed by atoms with Gasteiger partial charge in [0.15, 0.2) is 0 Å². The van der Waals surface area contributed by atoms with Crippen LogP contribution < -0.4 is 0 Å². The zero-order valence-electron chi connectivity index (χ0n) is 6.76. The Hall–Kier alpha value is -0.0800. The van der Waals surface area contributed by atoms with E-state index in [0.29, 0.717) is 5.92 Å². The molecule has 10 heavy (non-hydrogen) atoms. The molecular formula is C8H16O2. The van der Waals surface area contributed by atoms with Crippen molar-refractivity contribution in [3.05, 3.63) is 0 Å². The average Bonchev–Trinajstić information content (AvgIpc) is 1.88. The molecule has 0 radical (unpaired) electrons. The molecule has 1 aliphatic heterocycles. The van der Waals surface area contributed by atoms with Gasteiger partial charge in [-0.15, -0.1) is 0 Å². The normalized spacial score (nSPS) is 32.1. The van der Waals surface area contributed by atoms with Crippen LogP contribution in [0, 0.1) is 5.92 Å². The molecule has 0 bridgehead atoms. The van der Waals surface area contributed by atoms with Crippen LogP contribution in [-0.2, 0) is 4.74 Å². The molecule has 1 atom stereocenters. The lowest BCUT2D eigenvalue weighted by atomic mass is 9.92. The highest BCUT2D eigenvalue weighted by Crippen LogP contribution is 2.26. The average molecular weight is 144 g/mol. The third kappa shape index (κ3) is 1.96. The summed E-state index contributed by atoms with van der Waals surface area (Å²) < 4.78 is 5.51. The highest BCUT2D eigenvalue weighted by molar-refractivity contribution is 4.76. The van der Waals surface area contributed by atoms with Crippen LogP contribution in [-0.4, -0.2) is 23.9 Å². The second-order valence-corrected chi connectivity index (χ2v) is 3.66. The first-order valence-electron chi connectivity index (χ1n) is 3.89. The van der Waals surface area contributed by atoms with Crippen molar-refractivity contribution in [2.45, 2.75) is 32.3 Å². The molecule has 0 amide bonds. The maximum Gasteiger partial charge on any atom is 0.0626 e. The molecule has 1 fully saturated rings. The molecule has 0 saturated carbocycles. The Bertz CT molecular complexity index is 99.8. The van der Waals surface area contributed by atoms with Crippen LogP contribution in [0.25, 0.3) is 0 Å². The zero-order chi connectivity index (χ0) is 7.61. The first-order chi connectivity index (χ1) is 4.64. The Morgan fingerprint density at radius 1 is 1.60 bits per heavy atom. The SMILES string of the molecule is CC1(C)CCC(CO)CO1. The monoisotopic (exact) mass is 144 g/mol. The smallest absolute Gasteiger partial charge is 0.0626 e. The Labute approximate surface area is 62.2 Å². The lowest BCUT2D eigenvalue weighted by Gasteiger charge is -2.33. The fourth-order valence-corrected chi connectivity index (χ4v) is 1.19. The molecular weight excluding hydrogens is 128 g/mol. The Morgan fingerprint density at radius 2 is 2.30 bits per heavy atom. The van der Waals surface area contributed by atoms with Crippen molar-refractivity contribution in [1.29, 1.82) is 0 Å². The lowest BCUT2D eigenvalue weighted by molar-refractivity contribution is -0.0852.